The van der Waals surface area contributed by atoms with Gasteiger partial charge in [0.05, 0.1) is 13.2 Å². The molecule has 0 N–H and O–H groups in total. The van der Waals surface area contributed by atoms with Crippen molar-refractivity contribution < 1.29 is 17.9 Å². The van der Waals surface area contributed by atoms with Crippen molar-refractivity contribution in [1.29, 1.82) is 0 Å². The first-order valence-electron chi connectivity index (χ1n) is 6.61. The quantitative estimate of drug-likeness (QED) is 0.757. The summed E-state index contributed by atoms with van der Waals surface area (Å²) in [4.78, 5) is 0. The lowest BCUT2D eigenvalue weighted by Crippen LogP contribution is -2.06. The van der Waals surface area contributed by atoms with Crippen LogP contribution in [0.1, 0.15) is 19.4 Å². The Kier molecular flexibility index (Phi) is 5.20. The Bertz CT molecular complexity index is 750. The van der Waals surface area contributed by atoms with Gasteiger partial charge in [-0.15, -0.1) is 11.3 Å². The molecule has 0 saturated carbocycles. The van der Waals surface area contributed by atoms with Crippen LogP contribution in [0.5, 0.6) is 11.5 Å². The van der Waals surface area contributed by atoms with Gasteiger partial charge < -0.3 is 9.47 Å². The molecule has 5 nitrogen and oxygen atoms in total. The molecule has 0 atom stereocenters. The highest BCUT2D eigenvalue weighted by atomic mass is 32.2. The van der Waals surface area contributed by atoms with E-state index in [1.54, 1.807) is 29.6 Å². The Morgan fingerprint density at radius 3 is 2.59 bits per heavy atom. The zero-order chi connectivity index (χ0) is 16.2. The van der Waals surface area contributed by atoms with Crippen molar-refractivity contribution in [3.8, 4) is 11.5 Å². The SMILES string of the molecule is COc1cc(/C=N\S(=O)(=O)c2cccs2)ccc1OC(C)C. The first-order valence-corrected chi connectivity index (χ1v) is 8.93. The third-order valence-electron chi connectivity index (χ3n) is 2.64. The second kappa shape index (κ2) is 6.93. The van der Waals surface area contributed by atoms with E-state index in [-0.39, 0.29) is 10.3 Å². The first kappa shape index (κ1) is 16.5. The Hall–Kier alpha value is -1.86. The lowest BCUT2D eigenvalue weighted by atomic mass is 10.2. The number of nitrogens with zero attached hydrogens (tertiary/aromatic N) is 1. The van der Waals surface area contributed by atoms with Crippen molar-refractivity contribution in [2.75, 3.05) is 7.11 Å². The van der Waals surface area contributed by atoms with Crippen LogP contribution >= 0.6 is 11.3 Å². The fraction of sp³-hybridized carbons (Fsp3) is 0.267. The molecule has 0 fully saturated rings. The summed E-state index contributed by atoms with van der Waals surface area (Å²) in [6, 6.07) is 8.35. The molecule has 0 saturated heterocycles. The van der Waals surface area contributed by atoms with Crippen LogP contribution in [0.25, 0.3) is 0 Å². The lowest BCUT2D eigenvalue weighted by molar-refractivity contribution is 0.230. The molecule has 0 bridgehead atoms. The molecule has 0 aliphatic carbocycles. The average Bonchev–Trinajstić information content (AvgIpc) is 3.00. The molecule has 0 radical (unpaired) electrons. The number of benzene rings is 1. The van der Waals surface area contributed by atoms with Gasteiger partial charge in [-0.3, -0.25) is 0 Å². The van der Waals surface area contributed by atoms with Crippen LogP contribution in [0.4, 0.5) is 0 Å². The number of hydrogen-bond donors (Lipinski definition) is 0. The summed E-state index contributed by atoms with van der Waals surface area (Å²) < 4.78 is 38.8. The molecule has 1 aromatic carbocycles. The predicted octanol–water partition coefficient (Wildman–Crippen LogP) is 3.35. The van der Waals surface area contributed by atoms with Gasteiger partial charge in [0.2, 0.25) is 0 Å². The van der Waals surface area contributed by atoms with E-state index in [0.29, 0.717) is 17.1 Å². The highest BCUT2D eigenvalue weighted by Crippen LogP contribution is 2.28. The van der Waals surface area contributed by atoms with Crippen LogP contribution in [0.2, 0.25) is 0 Å². The predicted molar refractivity (Wildman–Crippen MR) is 87.9 cm³/mol. The van der Waals surface area contributed by atoms with Crippen LogP contribution in [0.15, 0.2) is 44.3 Å². The van der Waals surface area contributed by atoms with Crippen molar-refractivity contribution in [3.05, 3.63) is 41.3 Å². The zero-order valence-corrected chi connectivity index (χ0v) is 14.1. The summed E-state index contributed by atoms with van der Waals surface area (Å²) in [5.41, 5.74) is 0.619. The summed E-state index contributed by atoms with van der Waals surface area (Å²) in [7, 11) is -2.11. The number of rotatable bonds is 6. The molecular weight excluding hydrogens is 322 g/mol. The summed E-state index contributed by atoms with van der Waals surface area (Å²) in [5.74, 6) is 1.14. The maximum absolute atomic E-state index is 12.0. The molecule has 0 amide bonds. The Morgan fingerprint density at radius 2 is 2.00 bits per heavy atom. The third kappa shape index (κ3) is 4.08. The number of hydrogen-bond acceptors (Lipinski definition) is 5. The van der Waals surface area contributed by atoms with E-state index < -0.39 is 10.0 Å². The van der Waals surface area contributed by atoms with E-state index >= 15 is 0 Å². The molecule has 1 heterocycles. The van der Waals surface area contributed by atoms with Gasteiger partial charge in [0.1, 0.15) is 4.21 Å². The molecule has 2 aromatic rings. The van der Waals surface area contributed by atoms with Crippen molar-refractivity contribution >= 4 is 27.6 Å². The highest BCUT2D eigenvalue weighted by molar-refractivity contribution is 7.92. The number of thiophene rings is 1. The monoisotopic (exact) mass is 339 g/mol. The van der Waals surface area contributed by atoms with Crippen molar-refractivity contribution in [1.82, 2.24) is 0 Å². The van der Waals surface area contributed by atoms with Gasteiger partial charge >= 0.3 is 0 Å². The van der Waals surface area contributed by atoms with Gasteiger partial charge in [-0.05, 0) is 49.1 Å². The maximum Gasteiger partial charge on any atom is 0.291 e. The van der Waals surface area contributed by atoms with E-state index in [1.165, 1.54) is 19.4 Å². The van der Waals surface area contributed by atoms with Gasteiger partial charge in [-0.1, -0.05) is 6.07 Å². The van der Waals surface area contributed by atoms with E-state index in [9.17, 15) is 8.42 Å². The molecule has 0 aliphatic heterocycles. The fourth-order valence-corrected chi connectivity index (χ4v) is 3.55. The molecule has 0 spiro atoms. The van der Waals surface area contributed by atoms with Gasteiger partial charge in [0.25, 0.3) is 10.0 Å². The van der Waals surface area contributed by atoms with Crippen LogP contribution in [-0.2, 0) is 10.0 Å². The smallest absolute Gasteiger partial charge is 0.291 e. The van der Waals surface area contributed by atoms with E-state index in [0.717, 1.165) is 11.3 Å². The summed E-state index contributed by atoms with van der Waals surface area (Å²) in [6.07, 6.45) is 1.32. The van der Waals surface area contributed by atoms with Crippen LogP contribution in [0.3, 0.4) is 0 Å². The summed E-state index contributed by atoms with van der Waals surface area (Å²) >= 11 is 1.14. The summed E-state index contributed by atoms with van der Waals surface area (Å²) in [6.45, 7) is 3.84. The average molecular weight is 339 g/mol. The molecule has 118 valence electrons. The van der Waals surface area contributed by atoms with Crippen molar-refractivity contribution in [2.45, 2.75) is 24.2 Å². The van der Waals surface area contributed by atoms with Crippen molar-refractivity contribution in [2.24, 2.45) is 4.40 Å². The minimum absolute atomic E-state index is 0.0209. The maximum atomic E-state index is 12.0. The molecular formula is C15H17NO4S2. The summed E-state index contributed by atoms with van der Waals surface area (Å²) in [5, 5.41) is 1.70. The van der Waals surface area contributed by atoms with Crippen LogP contribution < -0.4 is 9.47 Å². The molecule has 1 aromatic heterocycles. The first-order chi connectivity index (χ1) is 10.4. The van der Waals surface area contributed by atoms with Crippen molar-refractivity contribution in [3.63, 3.8) is 0 Å². The second-order valence-electron chi connectivity index (χ2n) is 4.72. The van der Waals surface area contributed by atoms with E-state index in [2.05, 4.69) is 4.40 Å². The third-order valence-corrected chi connectivity index (χ3v) is 5.25. The highest BCUT2D eigenvalue weighted by Gasteiger charge is 2.13. The van der Waals surface area contributed by atoms with E-state index in [4.69, 9.17) is 9.47 Å². The Morgan fingerprint density at radius 1 is 1.23 bits per heavy atom. The van der Waals surface area contributed by atoms with Crippen LogP contribution in [0, 0.1) is 0 Å². The molecule has 2 rings (SSSR count). The minimum atomic E-state index is -3.65. The zero-order valence-electron chi connectivity index (χ0n) is 12.5. The largest absolute Gasteiger partial charge is 0.493 e. The van der Waals surface area contributed by atoms with Gasteiger partial charge in [-0.2, -0.15) is 12.8 Å². The Labute approximate surface area is 134 Å². The normalized spacial score (nSPS) is 12.0. The Balaban J connectivity index is 2.25. The number of ether oxygens (including phenoxy) is 2. The number of sulfonamides is 1. The van der Waals surface area contributed by atoms with Gasteiger partial charge in [0.15, 0.2) is 11.5 Å². The molecule has 7 heteroatoms. The minimum Gasteiger partial charge on any atom is -0.493 e. The molecule has 0 aliphatic rings. The number of methoxy groups -OCH3 is 1. The van der Waals surface area contributed by atoms with Gasteiger partial charge in [0, 0.05) is 6.21 Å². The van der Waals surface area contributed by atoms with E-state index in [1.807, 2.05) is 13.8 Å². The fourth-order valence-electron chi connectivity index (χ4n) is 1.71. The lowest BCUT2D eigenvalue weighted by Gasteiger charge is -2.13. The van der Waals surface area contributed by atoms with Gasteiger partial charge in [-0.25, -0.2) is 0 Å². The van der Waals surface area contributed by atoms with Crippen LogP contribution in [-0.4, -0.2) is 27.8 Å². The second-order valence-corrected chi connectivity index (χ2v) is 7.53. The topological polar surface area (TPSA) is 65.0 Å². The molecule has 22 heavy (non-hydrogen) atoms. The standard InChI is InChI=1S/C15H17NO4S2/c1-11(2)20-13-7-6-12(9-14(13)19-3)10-16-22(17,18)15-5-4-8-21-15/h4-11H,1-3H3/b16-10-. The molecule has 0 unspecified atom stereocenters.